The van der Waals surface area contributed by atoms with Gasteiger partial charge >= 0.3 is 0 Å². The number of nitrogens with one attached hydrogen (secondary N) is 1. The highest BCUT2D eigenvalue weighted by atomic mass is 16.6. The summed E-state index contributed by atoms with van der Waals surface area (Å²) in [4.78, 5) is 21.5. The van der Waals surface area contributed by atoms with E-state index in [0.717, 1.165) is 0 Å². The zero-order valence-corrected chi connectivity index (χ0v) is 8.69. The number of nitro benzene ring substituents is 1. The monoisotopic (exact) mass is 218 g/mol. The van der Waals surface area contributed by atoms with Gasteiger partial charge in [-0.25, -0.2) is 0 Å². The molecule has 1 aromatic rings. The number of hydrogen-bond donors (Lipinski definition) is 1. The quantitative estimate of drug-likeness (QED) is 0.471. The Hall–Kier alpha value is -2.35. The van der Waals surface area contributed by atoms with E-state index >= 15 is 0 Å². The standard InChI is InChI=1S/C11H10N2O3/c1-3-4-12-11(14)9-5-8(2)6-10(7-9)13(15)16/h1,5-7H,4H2,2H3,(H,12,14). The number of aryl methyl sites for hydroxylation is 1. The molecule has 0 unspecified atom stereocenters. The van der Waals surface area contributed by atoms with Crippen LogP contribution in [0.1, 0.15) is 15.9 Å². The highest BCUT2D eigenvalue weighted by Crippen LogP contribution is 2.16. The summed E-state index contributed by atoms with van der Waals surface area (Å²) in [6, 6.07) is 4.19. The van der Waals surface area contributed by atoms with Gasteiger partial charge in [0.25, 0.3) is 11.6 Å². The topological polar surface area (TPSA) is 72.2 Å². The van der Waals surface area contributed by atoms with Crippen molar-refractivity contribution in [3.05, 3.63) is 39.4 Å². The molecule has 1 rings (SSSR count). The average molecular weight is 218 g/mol. The van der Waals surface area contributed by atoms with E-state index < -0.39 is 10.8 Å². The average Bonchev–Trinajstić information content (AvgIpc) is 2.24. The van der Waals surface area contributed by atoms with Gasteiger partial charge in [0.1, 0.15) is 0 Å². The summed E-state index contributed by atoms with van der Waals surface area (Å²) in [5.41, 5.74) is 0.785. The Labute approximate surface area is 92.6 Å². The number of non-ortho nitro benzene ring substituents is 1. The predicted molar refractivity (Wildman–Crippen MR) is 59.0 cm³/mol. The first-order valence-electron chi connectivity index (χ1n) is 4.52. The van der Waals surface area contributed by atoms with Crippen molar-refractivity contribution in [2.75, 3.05) is 6.54 Å². The van der Waals surface area contributed by atoms with Crippen molar-refractivity contribution in [3.63, 3.8) is 0 Å². The molecule has 0 saturated carbocycles. The molecule has 1 aromatic carbocycles. The molecule has 1 amide bonds. The number of rotatable bonds is 3. The summed E-state index contributed by atoms with van der Waals surface area (Å²) >= 11 is 0. The lowest BCUT2D eigenvalue weighted by molar-refractivity contribution is -0.384. The second-order valence-corrected chi connectivity index (χ2v) is 3.20. The van der Waals surface area contributed by atoms with Crippen LogP contribution in [0.25, 0.3) is 0 Å². The molecule has 0 aromatic heterocycles. The molecule has 1 N–H and O–H groups in total. The number of terminal acetylenes is 1. The highest BCUT2D eigenvalue weighted by Gasteiger charge is 2.12. The summed E-state index contributed by atoms with van der Waals surface area (Å²) in [6.07, 6.45) is 4.99. The molecule has 0 aliphatic rings. The minimum atomic E-state index is -0.537. The van der Waals surface area contributed by atoms with E-state index in [0.29, 0.717) is 5.56 Å². The van der Waals surface area contributed by atoms with Crippen LogP contribution in [-0.4, -0.2) is 17.4 Å². The molecule has 0 fully saturated rings. The van der Waals surface area contributed by atoms with E-state index in [4.69, 9.17) is 6.42 Å². The van der Waals surface area contributed by atoms with Gasteiger partial charge in [0.05, 0.1) is 11.5 Å². The zero-order valence-electron chi connectivity index (χ0n) is 8.69. The van der Waals surface area contributed by atoms with Gasteiger partial charge < -0.3 is 5.32 Å². The zero-order chi connectivity index (χ0) is 12.1. The number of amides is 1. The first-order chi connectivity index (χ1) is 7.54. The Morgan fingerprint density at radius 3 is 2.81 bits per heavy atom. The Kier molecular flexibility index (Phi) is 3.62. The fourth-order valence-corrected chi connectivity index (χ4v) is 1.23. The van der Waals surface area contributed by atoms with Crippen molar-refractivity contribution in [1.29, 1.82) is 0 Å². The Bertz CT molecular complexity index is 475. The van der Waals surface area contributed by atoms with E-state index in [1.165, 1.54) is 12.1 Å². The summed E-state index contributed by atoms with van der Waals surface area (Å²) in [7, 11) is 0. The van der Waals surface area contributed by atoms with Crippen LogP contribution in [0.2, 0.25) is 0 Å². The van der Waals surface area contributed by atoms with Gasteiger partial charge in [0, 0.05) is 17.7 Å². The van der Waals surface area contributed by atoms with E-state index in [1.54, 1.807) is 13.0 Å². The smallest absolute Gasteiger partial charge is 0.270 e. The molecule has 0 aliphatic heterocycles. The fraction of sp³-hybridized carbons (Fsp3) is 0.182. The second kappa shape index (κ2) is 4.94. The Morgan fingerprint density at radius 1 is 1.56 bits per heavy atom. The van der Waals surface area contributed by atoms with Crippen LogP contribution in [0.15, 0.2) is 18.2 Å². The van der Waals surface area contributed by atoms with Gasteiger partial charge in [-0.15, -0.1) is 6.42 Å². The van der Waals surface area contributed by atoms with E-state index in [2.05, 4.69) is 11.2 Å². The molecule has 5 nitrogen and oxygen atoms in total. The SMILES string of the molecule is C#CCNC(=O)c1cc(C)cc([N+](=O)[O-])c1. The minimum absolute atomic E-state index is 0.0978. The van der Waals surface area contributed by atoms with Crippen LogP contribution < -0.4 is 5.32 Å². The maximum atomic E-state index is 11.5. The van der Waals surface area contributed by atoms with Crippen LogP contribution in [0.5, 0.6) is 0 Å². The minimum Gasteiger partial charge on any atom is -0.341 e. The molecule has 0 aliphatic carbocycles. The lowest BCUT2D eigenvalue weighted by Crippen LogP contribution is -2.23. The molecule has 82 valence electrons. The Balaban J connectivity index is 3.01. The van der Waals surface area contributed by atoms with Crippen molar-refractivity contribution in [3.8, 4) is 12.3 Å². The molecule has 0 saturated heterocycles. The lowest BCUT2D eigenvalue weighted by Gasteiger charge is -2.02. The van der Waals surface area contributed by atoms with Crippen molar-refractivity contribution in [2.24, 2.45) is 0 Å². The summed E-state index contributed by atoms with van der Waals surface area (Å²) in [5.74, 6) is 1.84. The van der Waals surface area contributed by atoms with Crippen LogP contribution >= 0.6 is 0 Å². The number of nitrogens with zero attached hydrogens (tertiary/aromatic N) is 1. The number of nitro groups is 1. The number of hydrogen-bond acceptors (Lipinski definition) is 3. The highest BCUT2D eigenvalue weighted by molar-refractivity contribution is 5.95. The first kappa shape index (κ1) is 11.7. The first-order valence-corrected chi connectivity index (χ1v) is 4.52. The third-order valence-electron chi connectivity index (χ3n) is 1.89. The van der Waals surface area contributed by atoms with Gasteiger partial charge in [-0.3, -0.25) is 14.9 Å². The number of carbonyl (C=O) groups is 1. The van der Waals surface area contributed by atoms with Crippen LogP contribution in [-0.2, 0) is 0 Å². The van der Waals surface area contributed by atoms with Gasteiger partial charge in [0.2, 0.25) is 0 Å². The molecule has 0 bridgehead atoms. The third kappa shape index (κ3) is 2.82. The van der Waals surface area contributed by atoms with Crippen molar-refractivity contribution in [1.82, 2.24) is 5.32 Å². The number of benzene rings is 1. The van der Waals surface area contributed by atoms with Crippen molar-refractivity contribution >= 4 is 11.6 Å². The van der Waals surface area contributed by atoms with Gasteiger partial charge in [0.15, 0.2) is 0 Å². The number of carbonyl (C=O) groups excluding carboxylic acids is 1. The molecule has 16 heavy (non-hydrogen) atoms. The van der Waals surface area contributed by atoms with E-state index in [9.17, 15) is 14.9 Å². The molecule has 0 radical (unpaired) electrons. The summed E-state index contributed by atoms with van der Waals surface area (Å²) in [6.45, 7) is 1.78. The van der Waals surface area contributed by atoms with Crippen LogP contribution in [0.3, 0.4) is 0 Å². The summed E-state index contributed by atoms with van der Waals surface area (Å²) in [5, 5.41) is 13.0. The Morgan fingerprint density at radius 2 is 2.25 bits per heavy atom. The maximum absolute atomic E-state index is 11.5. The third-order valence-corrected chi connectivity index (χ3v) is 1.89. The molecule has 0 spiro atoms. The molecular formula is C11H10N2O3. The van der Waals surface area contributed by atoms with Crippen LogP contribution in [0.4, 0.5) is 5.69 Å². The van der Waals surface area contributed by atoms with Gasteiger partial charge in [-0.2, -0.15) is 0 Å². The normalized spacial score (nSPS) is 9.25. The molecular weight excluding hydrogens is 208 g/mol. The molecule has 0 heterocycles. The van der Waals surface area contributed by atoms with E-state index in [-0.39, 0.29) is 17.8 Å². The van der Waals surface area contributed by atoms with Crippen molar-refractivity contribution in [2.45, 2.75) is 6.92 Å². The maximum Gasteiger partial charge on any atom is 0.270 e. The van der Waals surface area contributed by atoms with Gasteiger partial charge in [-0.1, -0.05) is 5.92 Å². The van der Waals surface area contributed by atoms with E-state index in [1.807, 2.05) is 0 Å². The summed E-state index contributed by atoms with van der Waals surface area (Å²) < 4.78 is 0. The van der Waals surface area contributed by atoms with Crippen LogP contribution in [0, 0.1) is 29.4 Å². The molecule has 5 heteroatoms. The molecule has 0 atom stereocenters. The van der Waals surface area contributed by atoms with Crippen molar-refractivity contribution < 1.29 is 9.72 Å². The lowest BCUT2D eigenvalue weighted by atomic mass is 10.1. The van der Waals surface area contributed by atoms with Gasteiger partial charge in [-0.05, 0) is 18.6 Å². The predicted octanol–water partition coefficient (Wildman–Crippen LogP) is 1.27. The second-order valence-electron chi connectivity index (χ2n) is 3.20. The fourth-order valence-electron chi connectivity index (χ4n) is 1.23. The largest absolute Gasteiger partial charge is 0.341 e.